The van der Waals surface area contributed by atoms with Crippen LogP contribution in [-0.2, 0) is 4.74 Å². The summed E-state index contributed by atoms with van der Waals surface area (Å²) in [6.07, 6.45) is 1.29. The third-order valence-electron chi connectivity index (χ3n) is 2.08. The number of hydrogen-bond acceptors (Lipinski definition) is 1. The van der Waals surface area contributed by atoms with Gasteiger partial charge in [-0.1, -0.05) is 0 Å². The standard InChI is InChI=1S/C5H8O/c1-4-3-5(4,2)6-4/h3H2,1-2H3. The third kappa shape index (κ3) is 0.121. The maximum Gasteiger partial charge on any atom is 0.0978 e. The van der Waals surface area contributed by atoms with Crippen LogP contribution >= 0.6 is 0 Å². The van der Waals surface area contributed by atoms with Crippen molar-refractivity contribution in [2.45, 2.75) is 31.5 Å². The zero-order valence-electron chi connectivity index (χ0n) is 4.12. The molecule has 2 aliphatic rings. The molecule has 2 atom stereocenters. The van der Waals surface area contributed by atoms with Crippen molar-refractivity contribution < 1.29 is 4.74 Å². The first-order chi connectivity index (χ1) is 2.66. The Morgan fingerprint density at radius 1 is 1.33 bits per heavy atom. The Kier molecular flexibility index (Phi) is 0.201. The van der Waals surface area contributed by atoms with E-state index in [2.05, 4.69) is 13.8 Å². The molecule has 0 bridgehead atoms. The molecule has 0 aromatic carbocycles. The van der Waals surface area contributed by atoms with Crippen LogP contribution in [0.15, 0.2) is 0 Å². The fraction of sp³-hybridized carbons (Fsp3) is 1.00. The molecule has 2 unspecified atom stereocenters. The number of rotatable bonds is 0. The van der Waals surface area contributed by atoms with Crippen molar-refractivity contribution in [1.82, 2.24) is 0 Å². The fourth-order valence-corrected chi connectivity index (χ4v) is 1.06. The van der Waals surface area contributed by atoms with E-state index in [1.165, 1.54) is 6.42 Å². The minimum Gasteiger partial charge on any atom is -0.363 e. The molecule has 34 valence electrons. The van der Waals surface area contributed by atoms with Crippen LogP contribution in [0.2, 0.25) is 0 Å². The maximum atomic E-state index is 5.18. The number of epoxide rings is 1. The highest BCUT2D eigenvalue weighted by Gasteiger charge is 2.80. The van der Waals surface area contributed by atoms with Crippen molar-refractivity contribution in [3.8, 4) is 0 Å². The van der Waals surface area contributed by atoms with E-state index < -0.39 is 0 Å². The molecule has 0 radical (unpaired) electrons. The first kappa shape index (κ1) is 3.03. The molecule has 1 nitrogen and oxygen atoms in total. The van der Waals surface area contributed by atoms with Gasteiger partial charge in [-0.3, -0.25) is 0 Å². The largest absolute Gasteiger partial charge is 0.363 e. The summed E-state index contributed by atoms with van der Waals surface area (Å²) in [5, 5.41) is 0. The number of hydrogen-bond donors (Lipinski definition) is 0. The first-order valence-corrected chi connectivity index (χ1v) is 2.37. The zero-order chi connectivity index (χ0) is 4.41. The predicted molar refractivity (Wildman–Crippen MR) is 22.5 cm³/mol. The molecule has 0 aromatic rings. The van der Waals surface area contributed by atoms with Crippen LogP contribution in [0.25, 0.3) is 0 Å². The fourth-order valence-electron chi connectivity index (χ4n) is 1.06. The van der Waals surface area contributed by atoms with Gasteiger partial charge in [0.2, 0.25) is 0 Å². The lowest BCUT2D eigenvalue weighted by atomic mass is 10.4. The molecule has 1 aliphatic carbocycles. The Bertz CT molecular complexity index is 88.5. The molecule has 1 heterocycles. The van der Waals surface area contributed by atoms with E-state index in [-0.39, 0.29) is 0 Å². The van der Waals surface area contributed by atoms with Crippen LogP contribution in [0.4, 0.5) is 0 Å². The van der Waals surface area contributed by atoms with E-state index >= 15 is 0 Å². The second-order valence-electron chi connectivity index (χ2n) is 2.74. The van der Waals surface area contributed by atoms with Gasteiger partial charge in [0.1, 0.15) is 0 Å². The molecule has 1 heteroatoms. The lowest BCUT2D eigenvalue weighted by Gasteiger charge is -1.86. The molecule has 0 amide bonds. The van der Waals surface area contributed by atoms with Gasteiger partial charge in [0, 0.05) is 6.42 Å². The molecule has 0 spiro atoms. The summed E-state index contributed by atoms with van der Waals surface area (Å²) in [4.78, 5) is 0. The smallest absolute Gasteiger partial charge is 0.0978 e. The van der Waals surface area contributed by atoms with E-state index in [4.69, 9.17) is 4.74 Å². The summed E-state index contributed by atoms with van der Waals surface area (Å²) in [7, 11) is 0. The van der Waals surface area contributed by atoms with Gasteiger partial charge in [0.25, 0.3) is 0 Å². The van der Waals surface area contributed by atoms with Gasteiger partial charge in [0.05, 0.1) is 11.2 Å². The minimum atomic E-state index is 0.354. The average molecular weight is 84.1 g/mol. The van der Waals surface area contributed by atoms with E-state index in [1.807, 2.05) is 0 Å². The van der Waals surface area contributed by atoms with E-state index in [9.17, 15) is 0 Å². The van der Waals surface area contributed by atoms with Crippen LogP contribution in [0, 0.1) is 0 Å². The van der Waals surface area contributed by atoms with Gasteiger partial charge in [-0.15, -0.1) is 0 Å². The van der Waals surface area contributed by atoms with Gasteiger partial charge in [0.15, 0.2) is 0 Å². The molecule has 1 saturated heterocycles. The lowest BCUT2D eigenvalue weighted by Crippen LogP contribution is -1.84. The first-order valence-electron chi connectivity index (χ1n) is 2.37. The SMILES string of the molecule is CC12CC1(C)O2. The summed E-state index contributed by atoms with van der Waals surface area (Å²) >= 11 is 0. The average Bonchev–Trinajstić information content (AvgIpc) is 1.78. The predicted octanol–water partition coefficient (Wildman–Crippen LogP) is 0.938. The zero-order valence-corrected chi connectivity index (χ0v) is 4.12. The maximum absolute atomic E-state index is 5.18. The van der Waals surface area contributed by atoms with Crippen molar-refractivity contribution in [3.63, 3.8) is 0 Å². The second-order valence-corrected chi connectivity index (χ2v) is 2.74. The van der Waals surface area contributed by atoms with Crippen molar-refractivity contribution in [2.24, 2.45) is 0 Å². The normalized spacial score (nSPS) is 73.0. The van der Waals surface area contributed by atoms with Crippen LogP contribution in [0.1, 0.15) is 20.3 Å². The van der Waals surface area contributed by atoms with E-state index in [0.29, 0.717) is 11.2 Å². The monoisotopic (exact) mass is 84.1 g/mol. The van der Waals surface area contributed by atoms with Gasteiger partial charge < -0.3 is 4.74 Å². The van der Waals surface area contributed by atoms with Crippen molar-refractivity contribution in [3.05, 3.63) is 0 Å². The Labute approximate surface area is 37.3 Å². The van der Waals surface area contributed by atoms with Crippen molar-refractivity contribution in [2.75, 3.05) is 0 Å². The Morgan fingerprint density at radius 3 is 1.50 bits per heavy atom. The van der Waals surface area contributed by atoms with Crippen LogP contribution < -0.4 is 0 Å². The summed E-state index contributed by atoms with van der Waals surface area (Å²) in [5.74, 6) is 0. The molecular formula is C5H8O. The molecule has 0 aromatic heterocycles. The Morgan fingerprint density at radius 2 is 1.50 bits per heavy atom. The van der Waals surface area contributed by atoms with Gasteiger partial charge in [-0.05, 0) is 13.8 Å². The Balaban J connectivity index is 2.34. The number of fused-ring (bicyclic) bond motifs is 1. The summed E-state index contributed by atoms with van der Waals surface area (Å²) < 4.78 is 5.18. The Hall–Kier alpha value is -0.0400. The third-order valence-corrected chi connectivity index (χ3v) is 2.08. The van der Waals surface area contributed by atoms with Gasteiger partial charge in [-0.2, -0.15) is 0 Å². The van der Waals surface area contributed by atoms with Crippen molar-refractivity contribution in [1.29, 1.82) is 0 Å². The molecule has 1 saturated carbocycles. The van der Waals surface area contributed by atoms with Crippen LogP contribution in [0.5, 0.6) is 0 Å². The van der Waals surface area contributed by atoms with E-state index in [1.54, 1.807) is 0 Å². The van der Waals surface area contributed by atoms with Crippen LogP contribution in [0.3, 0.4) is 0 Å². The molecule has 6 heavy (non-hydrogen) atoms. The highest BCUT2D eigenvalue weighted by molar-refractivity contribution is 5.29. The number of ether oxygens (including phenoxy) is 1. The quantitative estimate of drug-likeness (QED) is 0.398. The van der Waals surface area contributed by atoms with Gasteiger partial charge in [-0.25, -0.2) is 0 Å². The van der Waals surface area contributed by atoms with Crippen LogP contribution in [-0.4, -0.2) is 11.2 Å². The topological polar surface area (TPSA) is 12.5 Å². The summed E-state index contributed by atoms with van der Waals surface area (Å²) in [6.45, 7) is 4.32. The molecule has 2 rings (SSSR count). The molecular weight excluding hydrogens is 76.1 g/mol. The molecule has 2 fully saturated rings. The molecule has 1 aliphatic heterocycles. The minimum absolute atomic E-state index is 0.354. The van der Waals surface area contributed by atoms with Gasteiger partial charge >= 0.3 is 0 Å². The lowest BCUT2D eigenvalue weighted by molar-refractivity contribution is 0.193. The highest BCUT2D eigenvalue weighted by atomic mass is 16.7. The summed E-state index contributed by atoms with van der Waals surface area (Å²) in [6, 6.07) is 0. The summed E-state index contributed by atoms with van der Waals surface area (Å²) in [5.41, 5.74) is 0.708. The van der Waals surface area contributed by atoms with Crippen molar-refractivity contribution >= 4 is 0 Å². The second kappa shape index (κ2) is 0.399. The molecule has 0 N–H and O–H groups in total. The van der Waals surface area contributed by atoms with E-state index in [0.717, 1.165) is 0 Å². The highest BCUT2D eigenvalue weighted by Crippen LogP contribution is 2.70.